The van der Waals surface area contributed by atoms with Gasteiger partial charge in [-0.15, -0.1) is 11.3 Å². The molecule has 0 aliphatic carbocycles. The lowest BCUT2D eigenvalue weighted by atomic mass is 10.2. The fourth-order valence-electron chi connectivity index (χ4n) is 1.74. The minimum absolute atomic E-state index is 0.140. The molecule has 88 valence electrons. The van der Waals surface area contributed by atoms with Crippen molar-refractivity contribution < 1.29 is 4.79 Å². The van der Waals surface area contributed by atoms with E-state index in [0.29, 0.717) is 11.7 Å². The van der Waals surface area contributed by atoms with E-state index in [1.54, 1.807) is 19.0 Å². The van der Waals surface area contributed by atoms with Crippen molar-refractivity contribution in [3.05, 3.63) is 10.6 Å². The molecule has 16 heavy (non-hydrogen) atoms. The molecule has 0 radical (unpaired) electrons. The summed E-state index contributed by atoms with van der Waals surface area (Å²) in [5.74, 6) is 0.140. The normalized spacial score (nSPS) is 15.9. The number of thiazole rings is 1. The predicted molar refractivity (Wildman–Crippen MR) is 64.2 cm³/mol. The molecule has 1 aliphatic heterocycles. The van der Waals surface area contributed by atoms with Crippen LogP contribution in [0.25, 0.3) is 0 Å². The Morgan fingerprint density at radius 2 is 2.38 bits per heavy atom. The molecular formula is C10H16N4OS. The number of hydrogen-bond acceptors (Lipinski definition) is 5. The van der Waals surface area contributed by atoms with Gasteiger partial charge in [0.2, 0.25) is 5.91 Å². The quantitative estimate of drug-likeness (QED) is 0.800. The van der Waals surface area contributed by atoms with Crippen LogP contribution in [-0.4, -0.2) is 47.9 Å². The molecule has 0 aromatic carbocycles. The standard InChI is InChI=1S/C10H16N4OS/c1-13(2)9(15)6-14-4-3-7-8(5-14)16-10(11)12-7/h3-6H2,1-2H3,(H2,11,12). The number of aromatic nitrogens is 1. The van der Waals surface area contributed by atoms with E-state index in [2.05, 4.69) is 9.88 Å². The maximum absolute atomic E-state index is 11.6. The average molecular weight is 240 g/mol. The van der Waals surface area contributed by atoms with Crippen molar-refractivity contribution in [1.82, 2.24) is 14.8 Å². The molecule has 1 aliphatic rings. The second-order valence-corrected chi connectivity index (χ2v) is 5.29. The van der Waals surface area contributed by atoms with E-state index in [-0.39, 0.29) is 5.91 Å². The van der Waals surface area contributed by atoms with E-state index < -0.39 is 0 Å². The zero-order chi connectivity index (χ0) is 11.7. The number of fused-ring (bicyclic) bond motifs is 1. The van der Waals surface area contributed by atoms with Gasteiger partial charge >= 0.3 is 0 Å². The number of amides is 1. The molecule has 0 saturated heterocycles. The largest absolute Gasteiger partial charge is 0.375 e. The summed E-state index contributed by atoms with van der Waals surface area (Å²) >= 11 is 1.53. The SMILES string of the molecule is CN(C)C(=O)CN1CCc2nc(N)sc2C1. The van der Waals surface area contributed by atoms with Gasteiger partial charge in [-0.1, -0.05) is 0 Å². The van der Waals surface area contributed by atoms with Crippen molar-refractivity contribution in [2.24, 2.45) is 0 Å². The van der Waals surface area contributed by atoms with Gasteiger partial charge in [0.25, 0.3) is 0 Å². The second kappa shape index (κ2) is 4.39. The van der Waals surface area contributed by atoms with Crippen LogP contribution in [0.3, 0.4) is 0 Å². The maximum Gasteiger partial charge on any atom is 0.236 e. The number of carbonyl (C=O) groups is 1. The Morgan fingerprint density at radius 1 is 1.62 bits per heavy atom. The van der Waals surface area contributed by atoms with Crippen LogP contribution in [0.15, 0.2) is 0 Å². The molecule has 0 saturated carbocycles. The third kappa shape index (κ3) is 2.33. The van der Waals surface area contributed by atoms with Crippen LogP contribution in [0.5, 0.6) is 0 Å². The number of likely N-dealkylation sites (N-methyl/N-ethyl adjacent to an activating group) is 1. The van der Waals surface area contributed by atoms with E-state index in [0.717, 1.165) is 25.2 Å². The number of rotatable bonds is 2. The first-order chi connectivity index (χ1) is 7.56. The molecule has 2 N–H and O–H groups in total. The summed E-state index contributed by atoms with van der Waals surface area (Å²) < 4.78 is 0. The van der Waals surface area contributed by atoms with Gasteiger partial charge in [-0.25, -0.2) is 4.98 Å². The Kier molecular flexibility index (Phi) is 3.11. The van der Waals surface area contributed by atoms with Crippen LogP contribution in [0, 0.1) is 0 Å². The highest BCUT2D eigenvalue weighted by molar-refractivity contribution is 7.15. The lowest BCUT2D eigenvalue weighted by molar-refractivity contribution is -0.130. The number of anilines is 1. The molecule has 0 fully saturated rings. The molecule has 1 amide bonds. The number of hydrogen-bond donors (Lipinski definition) is 1. The highest BCUT2D eigenvalue weighted by Crippen LogP contribution is 2.26. The van der Waals surface area contributed by atoms with E-state index >= 15 is 0 Å². The minimum Gasteiger partial charge on any atom is -0.375 e. The molecule has 0 spiro atoms. The summed E-state index contributed by atoms with van der Waals surface area (Å²) in [7, 11) is 3.56. The van der Waals surface area contributed by atoms with E-state index in [1.165, 1.54) is 16.2 Å². The van der Waals surface area contributed by atoms with Crippen molar-refractivity contribution in [3.8, 4) is 0 Å². The average Bonchev–Trinajstić information content (AvgIpc) is 2.57. The Bertz CT molecular complexity index is 402. The number of nitrogens with two attached hydrogens (primary N) is 1. The fraction of sp³-hybridized carbons (Fsp3) is 0.600. The predicted octanol–water partition coefficient (Wildman–Crippen LogP) is 0.172. The summed E-state index contributed by atoms with van der Waals surface area (Å²) in [6, 6.07) is 0. The lowest BCUT2D eigenvalue weighted by Gasteiger charge is -2.26. The Balaban J connectivity index is 2.00. The molecule has 1 aromatic rings. The smallest absolute Gasteiger partial charge is 0.236 e. The molecule has 5 nitrogen and oxygen atoms in total. The summed E-state index contributed by atoms with van der Waals surface area (Å²) in [5, 5.41) is 0.630. The van der Waals surface area contributed by atoms with Crippen molar-refractivity contribution in [2.75, 3.05) is 32.9 Å². The van der Waals surface area contributed by atoms with Crippen LogP contribution in [0.1, 0.15) is 10.6 Å². The first-order valence-electron chi connectivity index (χ1n) is 5.23. The number of nitrogen functional groups attached to an aromatic ring is 1. The van der Waals surface area contributed by atoms with Crippen LogP contribution < -0.4 is 5.73 Å². The van der Waals surface area contributed by atoms with Gasteiger partial charge < -0.3 is 10.6 Å². The molecular weight excluding hydrogens is 224 g/mol. The van der Waals surface area contributed by atoms with Crippen molar-refractivity contribution in [1.29, 1.82) is 0 Å². The minimum atomic E-state index is 0.140. The monoisotopic (exact) mass is 240 g/mol. The Labute approximate surface area is 98.9 Å². The third-order valence-electron chi connectivity index (χ3n) is 2.68. The summed E-state index contributed by atoms with van der Waals surface area (Å²) in [6.07, 6.45) is 0.893. The zero-order valence-electron chi connectivity index (χ0n) is 9.56. The van der Waals surface area contributed by atoms with Gasteiger partial charge in [-0.2, -0.15) is 0 Å². The maximum atomic E-state index is 11.6. The zero-order valence-corrected chi connectivity index (χ0v) is 10.4. The van der Waals surface area contributed by atoms with Gasteiger partial charge in [0.15, 0.2) is 5.13 Å². The first kappa shape index (κ1) is 11.3. The van der Waals surface area contributed by atoms with E-state index in [4.69, 9.17) is 5.73 Å². The van der Waals surface area contributed by atoms with Crippen molar-refractivity contribution in [2.45, 2.75) is 13.0 Å². The third-order valence-corrected chi connectivity index (χ3v) is 3.60. The molecule has 2 heterocycles. The summed E-state index contributed by atoms with van der Waals surface area (Å²) in [5.41, 5.74) is 6.77. The molecule has 6 heteroatoms. The van der Waals surface area contributed by atoms with E-state index in [9.17, 15) is 4.79 Å². The van der Waals surface area contributed by atoms with E-state index in [1.807, 2.05) is 0 Å². The second-order valence-electron chi connectivity index (χ2n) is 4.17. The summed E-state index contributed by atoms with van der Waals surface area (Å²) in [6.45, 7) is 2.16. The molecule has 0 unspecified atom stereocenters. The van der Waals surface area contributed by atoms with Crippen molar-refractivity contribution >= 4 is 22.4 Å². The molecule has 0 atom stereocenters. The van der Waals surface area contributed by atoms with Crippen LogP contribution in [-0.2, 0) is 17.8 Å². The Hall–Kier alpha value is -1.14. The lowest BCUT2D eigenvalue weighted by Crippen LogP contribution is -2.39. The van der Waals surface area contributed by atoms with Gasteiger partial charge in [0.1, 0.15) is 0 Å². The first-order valence-corrected chi connectivity index (χ1v) is 6.04. The van der Waals surface area contributed by atoms with Crippen molar-refractivity contribution in [3.63, 3.8) is 0 Å². The molecule has 0 bridgehead atoms. The van der Waals surface area contributed by atoms with Crippen LogP contribution >= 0.6 is 11.3 Å². The topological polar surface area (TPSA) is 62.5 Å². The Morgan fingerprint density at radius 3 is 3.06 bits per heavy atom. The number of nitrogens with zero attached hydrogens (tertiary/aromatic N) is 3. The van der Waals surface area contributed by atoms with Gasteiger partial charge in [0.05, 0.1) is 12.2 Å². The summed E-state index contributed by atoms with van der Waals surface area (Å²) in [4.78, 5) is 20.8. The van der Waals surface area contributed by atoms with Gasteiger partial charge in [-0.3, -0.25) is 9.69 Å². The highest BCUT2D eigenvalue weighted by atomic mass is 32.1. The number of carbonyl (C=O) groups excluding carboxylic acids is 1. The molecule has 1 aromatic heterocycles. The van der Waals surface area contributed by atoms with Gasteiger partial charge in [-0.05, 0) is 0 Å². The fourth-order valence-corrected chi connectivity index (χ4v) is 2.66. The van der Waals surface area contributed by atoms with Crippen LogP contribution in [0.4, 0.5) is 5.13 Å². The van der Waals surface area contributed by atoms with Gasteiger partial charge in [0, 0.05) is 38.5 Å². The molecule has 2 rings (SSSR count). The highest BCUT2D eigenvalue weighted by Gasteiger charge is 2.21. The van der Waals surface area contributed by atoms with Crippen LogP contribution in [0.2, 0.25) is 0 Å².